The standard InChI is InChI=1S/C14H17FO5/c1-3-18-14(17)12(16)10-6-9(8(2)15)7-11-13(10)20-5-4-19-11/h6-8,12,16H,3-5H2,1-2H3. The molecule has 1 aliphatic rings. The van der Waals surface area contributed by atoms with Gasteiger partial charge in [-0.3, -0.25) is 0 Å². The minimum atomic E-state index is -1.52. The predicted molar refractivity (Wildman–Crippen MR) is 68.5 cm³/mol. The van der Waals surface area contributed by atoms with Gasteiger partial charge in [-0.25, -0.2) is 9.18 Å². The smallest absolute Gasteiger partial charge is 0.339 e. The molecule has 1 aliphatic heterocycles. The van der Waals surface area contributed by atoms with E-state index in [0.717, 1.165) is 0 Å². The maximum absolute atomic E-state index is 13.5. The Morgan fingerprint density at radius 3 is 2.80 bits per heavy atom. The third kappa shape index (κ3) is 2.85. The third-order valence-electron chi connectivity index (χ3n) is 2.96. The van der Waals surface area contributed by atoms with Crippen LogP contribution in [0.5, 0.6) is 11.5 Å². The van der Waals surface area contributed by atoms with Gasteiger partial charge in [-0.15, -0.1) is 0 Å². The van der Waals surface area contributed by atoms with Gasteiger partial charge in [-0.05, 0) is 31.5 Å². The number of alkyl halides is 1. The maximum Gasteiger partial charge on any atom is 0.339 e. The predicted octanol–water partition coefficient (Wildman–Crippen LogP) is 2.08. The molecule has 6 heteroatoms. The molecule has 1 N–H and O–H groups in total. The van der Waals surface area contributed by atoms with Crippen molar-refractivity contribution in [2.24, 2.45) is 0 Å². The summed E-state index contributed by atoms with van der Waals surface area (Å²) in [6.07, 6.45) is -2.77. The summed E-state index contributed by atoms with van der Waals surface area (Å²) in [7, 11) is 0. The second-order valence-corrected chi connectivity index (χ2v) is 4.40. The molecule has 1 aromatic rings. The Labute approximate surface area is 116 Å². The van der Waals surface area contributed by atoms with E-state index in [1.54, 1.807) is 6.92 Å². The molecular weight excluding hydrogens is 267 g/mol. The van der Waals surface area contributed by atoms with Crippen LogP contribution in [0.15, 0.2) is 12.1 Å². The lowest BCUT2D eigenvalue weighted by molar-refractivity contribution is -0.153. The molecule has 0 amide bonds. The van der Waals surface area contributed by atoms with E-state index >= 15 is 0 Å². The van der Waals surface area contributed by atoms with E-state index in [1.807, 2.05) is 0 Å². The van der Waals surface area contributed by atoms with Crippen molar-refractivity contribution in [3.05, 3.63) is 23.3 Å². The number of fused-ring (bicyclic) bond motifs is 1. The topological polar surface area (TPSA) is 65.0 Å². The Bertz CT molecular complexity index is 501. The van der Waals surface area contributed by atoms with E-state index in [2.05, 4.69) is 0 Å². The summed E-state index contributed by atoms with van der Waals surface area (Å²) in [5, 5.41) is 10.0. The monoisotopic (exact) mass is 284 g/mol. The number of rotatable bonds is 4. The van der Waals surface area contributed by atoms with Crippen LogP contribution in [-0.4, -0.2) is 30.9 Å². The van der Waals surface area contributed by atoms with E-state index in [4.69, 9.17) is 14.2 Å². The summed E-state index contributed by atoms with van der Waals surface area (Å²) >= 11 is 0. The van der Waals surface area contributed by atoms with Gasteiger partial charge in [0.2, 0.25) is 0 Å². The average molecular weight is 284 g/mol. The molecule has 2 atom stereocenters. The fraction of sp³-hybridized carbons (Fsp3) is 0.500. The number of aliphatic hydroxyl groups is 1. The van der Waals surface area contributed by atoms with Crippen LogP contribution in [0.2, 0.25) is 0 Å². The normalized spacial score (nSPS) is 16.4. The van der Waals surface area contributed by atoms with Crippen molar-refractivity contribution in [1.82, 2.24) is 0 Å². The van der Waals surface area contributed by atoms with E-state index in [1.165, 1.54) is 19.1 Å². The zero-order valence-electron chi connectivity index (χ0n) is 11.4. The van der Waals surface area contributed by atoms with Crippen LogP contribution in [0.25, 0.3) is 0 Å². The van der Waals surface area contributed by atoms with Crippen molar-refractivity contribution in [2.75, 3.05) is 19.8 Å². The summed E-state index contributed by atoms with van der Waals surface area (Å²) in [6, 6.07) is 2.92. The Kier molecular flexibility index (Phi) is 4.44. The summed E-state index contributed by atoms with van der Waals surface area (Å²) in [5.41, 5.74) is 0.479. The van der Waals surface area contributed by atoms with Crippen LogP contribution in [0, 0.1) is 0 Å². The summed E-state index contributed by atoms with van der Waals surface area (Å²) in [5.74, 6) is -0.203. The number of hydrogen-bond donors (Lipinski definition) is 1. The van der Waals surface area contributed by atoms with Gasteiger partial charge in [0.25, 0.3) is 0 Å². The highest BCUT2D eigenvalue weighted by molar-refractivity contribution is 5.78. The number of carbonyl (C=O) groups excluding carboxylic acids is 1. The van der Waals surface area contributed by atoms with Crippen molar-refractivity contribution in [3.8, 4) is 11.5 Å². The number of hydrogen-bond acceptors (Lipinski definition) is 5. The highest BCUT2D eigenvalue weighted by Gasteiger charge is 2.28. The minimum absolute atomic E-state index is 0.147. The summed E-state index contributed by atoms with van der Waals surface area (Å²) in [6.45, 7) is 3.80. The number of halogens is 1. The van der Waals surface area contributed by atoms with Gasteiger partial charge >= 0.3 is 5.97 Å². The van der Waals surface area contributed by atoms with Gasteiger partial charge in [0.1, 0.15) is 19.4 Å². The average Bonchev–Trinajstić information content (AvgIpc) is 2.45. The first-order chi connectivity index (χ1) is 9.54. The second kappa shape index (κ2) is 6.09. The number of esters is 1. The zero-order chi connectivity index (χ0) is 14.7. The Balaban J connectivity index is 2.44. The van der Waals surface area contributed by atoms with Crippen LogP contribution in [0.4, 0.5) is 4.39 Å². The second-order valence-electron chi connectivity index (χ2n) is 4.40. The SMILES string of the molecule is CCOC(=O)C(O)c1cc(C(C)F)cc2c1OCCO2. The quantitative estimate of drug-likeness (QED) is 0.858. The lowest BCUT2D eigenvalue weighted by Gasteiger charge is -2.24. The van der Waals surface area contributed by atoms with Crippen LogP contribution < -0.4 is 9.47 Å². The van der Waals surface area contributed by atoms with Crippen molar-refractivity contribution >= 4 is 5.97 Å². The molecule has 110 valence electrons. The van der Waals surface area contributed by atoms with E-state index < -0.39 is 18.2 Å². The van der Waals surface area contributed by atoms with Crippen molar-refractivity contribution in [1.29, 1.82) is 0 Å². The van der Waals surface area contributed by atoms with Crippen LogP contribution in [0.1, 0.15) is 37.3 Å². The molecule has 0 radical (unpaired) electrons. The highest BCUT2D eigenvalue weighted by atomic mass is 19.1. The lowest BCUT2D eigenvalue weighted by Crippen LogP contribution is -2.21. The molecular formula is C14H17FO5. The molecule has 0 fully saturated rings. The van der Waals surface area contributed by atoms with Gasteiger partial charge in [0.15, 0.2) is 17.6 Å². The highest BCUT2D eigenvalue weighted by Crippen LogP contribution is 2.40. The molecule has 5 nitrogen and oxygen atoms in total. The molecule has 0 saturated heterocycles. The molecule has 0 saturated carbocycles. The number of aliphatic hydroxyl groups excluding tert-OH is 1. The van der Waals surface area contributed by atoms with Crippen molar-refractivity contribution in [3.63, 3.8) is 0 Å². The minimum Gasteiger partial charge on any atom is -0.486 e. The zero-order valence-corrected chi connectivity index (χ0v) is 11.4. The molecule has 20 heavy (non-hydrogen) atoms. The van der Waals surface area contributed by atoms with Crippen LogP contribution in [0.3, 0.4) is 0 Å². The largest absolute Gasteiger partial charge is 0.486 e. The Morgan fingerprint density at radius 2 is 2.15 bits per heavy atom. The van der Waals surface area contributed by atoms with Crippen LogP contribution >= 0.6 is 0 Å². The fourth-order valence-corrected chi connectivity index (χ4v) is 1.98. The van der Waals surface area contributed by atoms with Gasteiger partial charge in [-0.1, -0.05) is 0 Å². The lowest BCUT2D eigenvalue weighted by atomic mass is 10.0. The van der Waals surface area contributed by atoms with E-state index in [-0.39, 0.29) is 17.9 Å². The fourth-order valence-electron chi connectivity index (χ4n) is 1.98. The van der Waals surface area contributed by atoms with Gasteiger partial charge < -0.3 is 19.3 Å². The molecule has 2 unspecified atom stereocenters. The first-order valence-corrected chi connectivity index (χ1v) is 6.46. The molecule has 0 aromatic heterocycles. The van der Waals surface area contributed by atoms with Crippen LogP contribution in [-0.2, 0) is 9.53 Å². The third-order valence-corrected chi connectivity index (χ3v) is 2.96. The molecule has 1 heterocycles. The summed E-state index contributed by atoms with van der Waals surface area (Å²) < 4.78 is 29.1. The van der Waals surface area contributed by atoms with E-state index in [0.29, 0.717) is 24.5 Å². The van der Waals surface area contributed by atoms with E-state index in [9.17, 15) is 14.3 Å². The number of ether oxygens (including phenoxy) is 3. The molecule has 1 aromatic carbocycles. The first kappa shape index (κ1) is 14.6. The van der Waals surface area contributed by atoms with Gasteiger partial charge in [-0.2, -0.15) is 0 Å². The molecule has 0 bridgehead atoms. The maximum atomic E-state index is 13.5. The summed E-state index contributed by atoms with van der Waals surface area (Å²) in [4.78, 5) is 11.6. The van der Waals surface area contributed by atoms with Crippen molar-refractivity contribution < 1.29 is 28.5 Å². The Hall–Kier alpha value is -1.82. The number of benzene rings is 1. The van der Waals surface area contributed by atoms with Gasteiger partial charge in [0.05, 0.1) is 6.61 Å². The molecule has 0 spiro atoms. The first-order valence-electron chi connectivity index (χ1n) is 6.46. The van der Waals surface area contributed by atoms with Gasteiger partial charge in [0, 0.05) is 5.56 Å². The van der Waals surface area contributed by atoms with Crippen molar-refractivity contribution in [2.45, 2.75) is 26.1 Å². The number of carbonyl (C=O) groups is 1. The molecule has 2 rings (SSSR count). The molecule has 0 aliphatic carbocycles. The Morgan fingerprint density at radius 1 is 1.45 bits per heavy atom.